The molecule has 2 atom stereocenters. The zero-order valence-electron chi connectivity index (χ0n) is 11.8. The lowest BCUT2D eigenvalue weighted by atomic mass is 9.93. The minimum Gasteiger partial charge on any atom is -0.381 e. The second-order valence-electron chi connectivity index (χ2n) is 5.93. The molecule has 1 aromatic carbocycles. The molecule has 0 aromatic heterocycles. The van der Waals surface area contributed by atoms with Gasteiger partial charge in [-0.25, -0.2) is 17.5 Å². The smallest absolute Gasteiger partial charge is 0.215 e. The summed E-state index contributed by atoms with van der Waals surface area (Å²) in [6, 6.07) is 6.46. The minimum absolute atomic E-state index is 0.118. The predicted molar refractivity (Wildman–Crippen MR) is 77.9 cm³/mol. The van der Waals surface area contributed by atoms with Gasteiger partial charge in [0.15, 0.2) is 0 Å². The first-order valence-corrected chi connectivity index (χ1v) is 8.92. The van der Waals surface area contributed by atoms with Gasteiger partial charge in [0.25, 0.3) is 0 Å². The molecule has 3 rings (SSSR count). The van der Waals surface area contributed by atoms with Gasteiger partial charge in [0.1, 0.15) is 5.82 Å². The summed E-state index contributed by atoms with van der Waals surface area (Å²) in [6.45, 7) is 0.878. The van der Waals surface area contributed by atoms with E-state index in [2.05, 4.69) is 4.72 Å². The fraction of sp³-hybridized carbons (Fsp3) is 0.600. The van der Waals surface area contributed by atoms with Crippen LogP contribution in [0.3, 0.4) is 0 Å². The van der Waals surface area contributed by atoms with Crippen LogP contribution in [-0.4, -0.2) is 32.9 Å². The van der Waals surface area contributed by atoms with Gasteiger partial charge in [0.05, 0.1) is 11.9 Å². The molecule has 21 heavy (non-hydrogen) atoms. The van der Waals surface area contributed by atoms with Gasteiger partial charge in [-0.2, -0.15) is 0 Å². The molecule has 0 bridgehead atoms. The molecule has 1 heterocycles. The van der Waals surface area contributed by atoms with E-state index in [1.165, 1.54) is 12.1 Å². The van der Waals surface area contributed by atoms with Crippen LogP contribution in [-0.2, 0) is 21.2 Å². The van der Waals surface area contributed by atoms with E-state index in [4.69, 9.17) is 4.74 Å². The highest BCUT2D eigenvalue weighted by Crippen LogP contribution is 2.28. The maximum Gasteiger partial charge on any atom is 0.215 e. The van der Waals surface area contributed by atoms with Crippen molar-refractivity contribution in [2.75, 3.05) is 13.2 Å². The monoisotopic (exact) mass is 313 g/mol. The highest BCUT2D eigenvalue weighted by molar-refractivity contribution is 7.90. The maximum atomic E-state index is 13.3. The SMILES string of the molecule is O=S(=O)(NC1CC1)C1CCOCC1Cc1cccc(F)c1. The third-order valence-corrected chi connectivity index (χ3v) is 6.18. The lowest BCUT2D eigenvalue weighted by Crippen LogP contribution is -2.45. The summed E-state index contributed by atoms with van der Waals surface area (Å²) in [6.07, 6.45) is 2.88. The number of nitrogens with one attached hydrogen (secondary N) is 1. The van der Waals surface area contributed by atoms with Gasteiger partial charge in [-0.05, 0) is 43.4 Å². The number of ether oxygens (including phenoxy) is 1. The second kappa shape index (κ2) is 6.02. The Morgan fingerprint density at radius 3 is 2.81 bits per heavy atom. The fourth-order valence-electron chi connectivity index (χ4n) is 2.86. The van der Waals surface area contributed by atoms with Crippen LogP contribution in [0.1, 0.15) is 24.8 Å². The molecule has 1 N–H and O–H groups in total. The Morgan fingerprint density at radius 1 is 1.29 bits per heavy atom. The number of benzene rings is 1. The average Bonchev–Trinajstić information content (AvgIpc) is 3.22. The number of hydrogen-bond acceptors (Lipinski definition) is 3. The molecule has 0 spiro atoms. The van der Waals surface area contributed by atoms with Gasteiger partial charge in [0, 0.05) is 18.6 Å². The average molecular weight is 313 g/mol. The molecule has 4 nitrogen and oxygen atoms in total. The van der Waals surface area contributed by atoms with Crippen molar-refractivity contribution < 1.29 is 17.5 Å². The summed E-state index contributed by atoms with van der Waals surface area (Å²) in [7, 11) is -3.32. The maximum absolute atomic E-state index is 13.3. The minimum atomic E-state index is -3.32. The highest BCUT2D eigenvalue weighted by Gasteiger charge is 2.39. The Balaban J connectivity index is 1.74. The largest absolute Gasteiger partial charge is 0.381 e. The number of rotatable bonds is 5. The van der Waals surface area contributed by atoms with Gasteiger partial charge >= 0.3 is 0 Å². The zero-order chi connectivity index (χ0) is 14.9. The van der Waals surface area contributed by atoms with Crippen LogP contribution in [0.2, 0.25) is 0 Å². The van der Waals surface area contributed by atoms with Crippen molar-refractivity contribution in [3.05, 3.63) is 35.6 Å². The van der Waals surface area contributed by atoms with E-state index >= 15 is 0 Å². The molecule has 0 amide bonds. The van der Waals surface area contributed by atoms with E-state index < -0.39 is 15.3 Å². The summed E-state index contributed by atoms with van der Waals surface area (Å²) < 4.78 is 46.4. The molecule has 6 heteroatoms. The summed E-state index contributed by atoms with van der Waals surface area (Å²) in [5, 5.41) is -0.449. The number of halogens is 1. The van der Waals surface area contributed by atoms with Crippen LogP contribution in [0.15, 0.2) is 24.3 Å². The van der Waals surface area contributed by atoms with Crippen molar-refractivity contribution in [2.24, 2.45) is 5.92 Å². The first kappa shape index (κ1) is 14.9. The zero-order valence-corrected chi connectivity index (χ0v) is 12.6. The van der Waals surface area contributed by atoms with Crippen LogP contribution in [0.4, 0.5) is 4.39 Å². The topological polar surface area (TPSA) is 55.4 Å². The van der Waals surface area contributed by atoms with Gasteiger partial charge in [-0.3, -0.25) is 0 Å². The molecular formula is C15H20FNO3S. The lowest BCUT2D eigenvalue weighted by Gasteiger charge is -2.31. The Morgan fingerprint density at radius 2 is 2.10 bits per heavy atom. The molecule has 1 aromatic rings. The highest BCUT2D eigenvalue weighted by atomic mass is 32.2. The summed E-state index contributed by atoms with van der Waals surface area (Å²) in [5.41, 5.74) is 0.817. The Labute approximate surface area is 124 Å². The van der Waals surface area contributed by atoms with Crippen molar-refractivity contribution in [3.8, 4) is 0 Å². The van der Waals surface area contributed by atoms with Crippen LogP contribution < -0.4 is 4.72 Å². The van der Waals surface area contributed by atoms with Gasteiger partial charge in [-0.15, -0.1) is 0 Å². The van der Waals surface area contributed by atoms with E-state index in [0.29, 0.717) is 26.1 Å². The molecule has 1 aliphatic heterocycles. The van der Waals surface area contributed by atoms with Crippen molar-refractivity contribution >= 4 is 10.0 Å². The molecule has 1 saturated carbocycles. The summed E-state index contributed by atoms with van der Waals surface area (Å²) >= 11 is 0. The first-order valence-electron chi connectivity index (χ1n) is 7.38. The van der Waals surface area contributed by atoms with Crippen molar-refractivity contribution in [3.63, 3.8) is 0 Å². The van der Waals surface area contributed by atoms with Gasteiger partial charge in [0.2, 0.25) is 10.0 Å². The van der Waals surface area contributed by atoms with Crippen LogP contribution >= 0.6 is 0 Å². The quantitative estimate of drug-likeness (QED) is 0.902. The van der Waals surface area contributed by atoms with E-state index in [9.17, 15) is 12.8 Å². The molecule has 1 saturated heterocycles. The molecular weight excluding hydrogens is 293 g/mol. The van der Waals surface area contributed by atoms with E-state index in [1.54, 1.807) is 6.07 Å². The van der Waals surface area contributed by atoms with Crippen LogP contribution in [0.5, 0.6) is 0 Å². The molecule has 2 unspecified atom stereocenters. The number of sulfonamides is 1. The van der Waals surface area contributed by atoms with Gasteiger partial charge < -0.3 is 4.74 Å². The van der Waals surface area contributed by atoms with Crippen molar-refractivity contribution in [2.45, 2.75) is 37.0 Å². The third kappa shape index (κ3) is 3.81. The standard InChI is InChI=1S/C15H20FNO3S/c16-13-3-1-2-11(9-13)8-12-10-20-7-6-15(12)21(18,19)17-14-4-5-14/h1-3,9,12,14-15,17H,4-8,10H2. The van der Waals surface area contributed by atoms with E-state index in [1.807, 2.05) is 6.07 Å². The summed E-state index contributed by atoms with van der Waals surface area (Å²) in [4.78, 5) is 0. The van der Waals surface area contributed by atoms with Crippen LogP contribution in [0, 0.1) is 11.7 Å². The fourth-order valence-corrected chi connectivity index (χ4v) is 4.83. The number of hydrogen-bond donors (Lipinski definition) is 1. The molecule has 2 aliphatic rings. The first-order chi connectivity index (χ1) is 10.0. The van der Waals surface area contributed by atoms with Crippen LogP contribution in [0.25, 0.3) is 0 Å². The molecule has 1 aliphatic carbocycles. The van der Waals surface area contributed by atoms with Crippen molar-refractivity contribution in [1.82, 2.24) is 4.72 Å². The van der Waals surface area contributed by atoms with Crippen molar-refractivity contribution in [1.29, 1.82) is 0 Å². The second-order valence-corrected chi connectivity index (χ2v) is 7.86. The summed E-state index contributed by atoms with van der Waals surface area (Å²) in [5.74, 6) is -0.420. The molecule has 2 fully saturated rings. The Hall–Kier alpha value is -0.980. The third-order valence-electron chi connectivity index (χ3n) is 4.10. The Bertz CT molecular complexity index is 601. The normalized spacial score (nSPS) is 26.7. The predicted octanol–water partition coefficient (Wildman–Crippen LogP) is 1.86. The molecule has 116 valence electrons. The van der Waals surface area contributed by atoms with Gasteiger partial charge in [-0.1, -0.05) is 12.1 Å². The van der Waals surface area contributed by atoms with E-state index in [-0.39, 0.29) is 17.8 Å². The Kier molecular flexibility index (Phi) is 4.28. The van der Waals surface area contributed by atoms with E-state index in [0.717, 1.165) is 18.4 Å². The molecule has 0 radical (unpaired) electrons. The lowest BCUT2D eigenvalue weighted by molar-refractivity contribution is 0.0570.